The summed E-state index contributed by atoms with van der Waals surface area (Å²) in [4.78, 5) is 57.3. The first-order valence-corrected chi connectivity index (χ1v) is 14.4. The minimum absolute atomic E-state index is 0.0524. The molecule has 0 aromatic rings. The average molecular weight is 575 g/mol. The average Bonchev–Trinajstić information content (AvgIpc) is 2.93. The number of unbranched alkanes of at least 4 members (excludes halogenated alkanes) is 6. The second kappa shape index (κ2) is 27.8. The van der Waals surface area contributed by atoms with Gasteiger partial charge in [-0.05, 0) is 64.3 Å². The maximum atomic E-state index is 12.0. The Balaban J connectivity index is 0. The molecule has 0 radical (unpaired) electrons. The Morgan fingerprint density at radius 2 is 1.32 bits per heavy atom. The van der Waals surface area contributed by atoms with Crippen molar-refractivity contribution in [2.75, 3.05) is 46.3 Å². The molecule has 0 fully saturated rings. The quantitative estimate of drug-likeness (QED) is 0.0529. The Kier molecular flexibility index (Phi) is 27.3. The van der Waals surface area contributed by atoms with E-state index in [1.165, 1.54) is 6.92 Å². The van der Waals surface area contributed by atoms with E-state index in [4.69, 9.17) is 5.73 Å². The van der Waals surface area contributed by atoms with Crippen LogP contribution in [-0.4, -0.2) is 102 Å². The van der Waals surface area contributed by atoms with Gasteiger partial charge in [-0.15, -0.1) is 0 Å². The molecule has 0 aliphatic heterocycles. The molecule has 0 bridgehead atoms. The summed E-state index contributed by atoms with van der Waals surface area (Å²) in [6.07, 6.45) is 9.86. The van der Waals surface area contributed by atoms with Crippen LogP contribution in [0.2, 0.25) is 0 Å². The fraction of sp³-hybridized carbons (Fsp3) is 0.815. The van der Waals surface area contributed by atoms with E-state index >= 15 is 0 Å². The van der Waals surface area contributed by atoms with Gasteiger partial charge in [0.25, 0.3) is 0 Å². The molecule has 6 N–H and O–H groups in total. The van der Waals surface area contributed by atoms with Crippen LogP contribution in [-0.2, 0) is 24.0 Å². The zero-order valence-corrected chi connectivity index (χ0v) is 24.9. The highest BCUT2D eigenvalue weighted by molar-refractivity contribution is 5.83. The van der Waals surface area contributed by atoms with Crippen molar-refractivity contribution in [2.45, 2.75) is 97.3 Å². The van der Waals surface area contributed by atoms with Crippen LogP contribution in [0, 0.1) is 0 Å². The normalized spacial score (nSPS) is 10.2. The van der Waals surface area contributed by atoms with Gasteiger partial charge in [-0.1, -0.05) is 13.3 Å². The molecule has 0 aliphatic carbocycles. The first kappa shape index (κ1) is 39.4. The van der Waals surface area contributed by atoms with Crippen molar-refractivity contribution in [1.82, 2.24) is 25.7 Å². The molecule has 0 heterocycles. The summed E-state index contributed by atoms with van der Waals surface area (Å²) in [6, 6.07) is 0. The Morgan fingerprint density at radius 1 is 0.750 bits per heavy atom. The highest BCUT2D eigenvalue weighted by atomic mass is 16.5. The predicted molar refractivity (Wildman–Crippen MR) is 152 cm³/mol. The first-order chi connectivity index (χ1) is 19.1. The monoisotopic (exact) mass is 574 g/mol. The maximum absolute atomic E-state index is 12.0. The van der Waals surface area contributed by atoms with Gasteiger partial charge in [0, 0.05) is 66.0 Å². The van der Waals surface area contributed by atoms with Gasteiger partial charge in [-0.25, -0.2) is 10.1 Å². The Bertz CT molecular complexity index is 696. The van der Waals surface area contributed by atoms with E-state index in [-0.39, 0.29) is 43.0 Å². The van der Waals surface area contributed by atoms with Gasteiger partial charge in [0.1, 0.15) is 0 Å². The van der Waals surface area contributed by atoms with Crippen molar-refractivity contribution >= 4 is 30.0 Å². The molecule has 0 atom stereocenters. The maximum Gasteiger partial charge on any atom is 0.245 e. The van der Waals surface area contributed by atoms with Crippen molar-refractivity contribution < 1.29 is 34.4 Å². The fourth-order valence-corrected chi connectivity index (χ4v) is 3.44. The second-order valence-corrected chi connectivity index (χ2v) is 9.62. The van der Waals surface area contributed by atoms with Crippen LogP contribution >= 0.6 is 0 Å². The standard InChI is InChI=1S/C18H34N4O5.C9H20N2O2/c1-16(24)22(27)14-8-4-6-12-20-17(25)9-10-18(26)21(2)13-7-3-5-11-19-15-23;1-2-6-9(12)11(13)8-5-3-4-7-10/h15,27H,3-14H2,1-2H3,(H,19,23)(H,20,25);13H,2-8,10H2,1H3. The lowest BCUT2D eigenvalue weighted by Crippen LogP contribution is -2.30. The number of nitrogens with one attached hydrogen (secondary N) is 2. The van der Waals surface area contributed by atoms with E-state index in [0.29, 0.717) is 57.0 Å². The zero-order valence-electron chi connectivity index (χ0n) is 24.9. The number of hydrogen-bond acceptors (Lipinski definition) is 8. The van der Waals surface area contributed by atoms with Crippen LogP contribution < -0.4 is 16.4 Å². The van der Waals surface area contributed by atoms with Crippen molar-refractivity contribution in [2.24, 2.45) is 5.73 Å². The number of carbonyl (C=O) groups is 5. The van der Waals surface area contributed by atoms with Crippen molar-refractivity contribution in [3.63, 3.8) is 0 Å². The van der Waals surface area contributed by atoms with E-state index in [9.17, 15) is 34.4 Å². The van der Waals surface area contributed by atoms with Crippen LogP contribution in [0.4, 0.5) is 0 Å². The lowest BCUT2D eigenvalue weighted by atomic mass is 10.2. The molecule has 0 aliphatic rings. The van der Waals surface area contributed by atoms with Gasteiger partial charge >= 0.3 is 0 Å². The Hall–Kier alpha value is -2.77. The molecule has 0 aromatic heterocycles. The van der Waals surface area contributed by atoms with Gasteiger partial charge in [-0.2, -0.15) is 0 Å². The molecular formula is C27H54N6O7. The van der Waals surface area contributed by atoms with Gasteiger partial charge in [0.05, 0.1) is 0 Å². The number of hydroxylamine groups is 4. The molecular weight excluding hydrogens is 520 g/mol. The molecule has 0 saturated carbocycles. The molecule has 0 unspecified atom stereocenters. The van der Waals surface area contributed by atoms with E-state index in [2.05, 4.69) is 10.6 Å². The molecule has 0 rings (SSSR count). The smallest absolute Gasteiger partial charge is 0.245 e. The second-order valence-electron chi connectivity index (χ2n) is 9.62. The topological polar surface area (TPSA) is 186 Å². The van der Waals surface area contributed by atoms with Gasteiger partial charge in [0.15, 0.2) is 0 Å². The van der Waals surface area contributed by atoms with E-state index in [0.717, 1.165) is 62.9 Å². The number of nitrogens with zero attached hydrogens (tertiary/aromatic N) is 3. The fourth-order valence-electron chi connectivity index (χ4n) is 3.44. The van der Waals surface area contributed by atoms with Crippen molar-refractivity contribution in [3.05, 3.63) is 0 Å². The van der Waals surface area contributed by atoms with E-state index in [1.807, 2.05) is 6.92 Å². The molecule has 5 amide bonds. The highest BCUT2D eigenvalue weighted by Crippen LogP contribution is 2.02. The number of carbonyl (C=O) groups excluding carboxylic acids is 5. The summed E-state index contributed by atoms with van der Waals surface area (Å²) in [5.74, 6) is -0.768. The lowest BCUT2D eigenvalue weighted by molar-refractivity contribution is -0.165. The zero-order chi connectivity index (χ0) is 30.6. The minimum Gasteiger partial charge on any atom is -0.359 e. The third kappa shape index (κ3) is 25.5. The van der Waals surface area contributed by atoms with E-state index < -0.39 is 0 Å². The van der Waals surface area contributed by atoms with Crippen LogP contribution in [0.1, 0.15) is 97.3 Å². The molecule has 234 valence electrons. The van der Waals surface area contributed by atoms with Crippen molar-refractivity contribution in [3.8, 4) is 0 Å². The largest absolute Gasteiger partial charge is 0.359 e. The molecule has 13 heteroatoms. The highest BCUT2D eigenvalue weighted by Gasteiger charge is 2.11. The molecule has 0 spiro atoms. The Labute approximate surface area is 239 Å². The van der Waals surface area contributed by atoms with Crippen LogP contribution in [0.25, 0.3) is 0 Å². The molecule has 13 nitrogen and oxygen atoms in total. The summed E-state index contributed by atoms with van der Waals surface area (Å²) in [6.45, 7) is 6.42. The summed E-state index contributed by atoms with van der Waals surface area (Å²) in [7, 11) is 1.73. The third-order valence-corrected chi connectivity index (χ3v) is 5.95. The molecule has 0 saturated heterocycles. The number of amides is 5. The number of hydrogen-bond donors (Lipinski definition) is 5. The van der Waals surface area contributed by atoms with Gasteiger partial charge < -0.3 is 21.3 Å². The number of rotatable bonds is 23. The van der Waals surface area contributed by atoms with Gasteiger partial charge in [0.2, 0.25) is 30.0 Å². The summed E-state index contributed by atoms with van der Waals surface area (Å²) in [5.41, 5.74) is 5.31. The van der Waals surface area contributed by atoms with Crippen LogP contribution in [0.3, 0.4) is 0 Å². The number of nitrogens with two attached hydrogens (primary N) is 1. The summed E-state index contributed by atoms with van der Waals surface area (Å²) >= 11 is 0. The third-order valence-electron chi connectivity index (χ3n) is 5.95. The molecule has 40 heavy (non-hydrogen) atoms. The van der Waals surface area contributed by atoms with Crippen LogP contribution in [0.15, 0.2) is 0 Å². The Morgan fingerprint density at radius 3 is 1.90 bits per heavy atom. The summed E-state index contributed by atoms with van der Waals surface area (Å²) in [5, 5.41) is 25.3. The van der Waals surface area contributed by atoms with Crippen LogP contribution in [0.5, 0.6) is 0 Å². The predicted octanol–water partition coefficient (Wildman–Crippen LogP) is 1.80. The molecule has 0 aromatic carbocycles. The first-order valence-electron chi connectivity index (χ1n) is 14.4. The van der Waals surface area contributed by atoms with Gasteiger partial charge in [-0.3, -0.25) is 34.4 Å². The van der Waals surface area contributed by atoms with Crippen molar-refractivity contribution in [1.29, 1.82) is 0 Å². The SMILES string of the molecule is CC(=O)N(O)CCCCCNC(=O)CCC(=O)N(C)CCCCCNC=O.CCCC(=O)N(O)CCCCCN. The van der Waals surface area contributed by atoms with E-state index in [1.54, 1.807) is 11.9 Å². The lowest BCUT2D eigenvalue weighted by Gasteiger charge is -2.17. The summed E-state index contributed by atoms with van der Waals surface area (Å²) < 4.78 is 0. The minimum atomic E-state index is -0.382.